The number of amides is 2. The van der Waals surface area contributed by atoms with Crippen molar-refractivity contribution in [2.24, 2.45) is 7.05 Å². The molecule has 2 aromatic carbocycles. The molecule has 3 aromatic rings. The summed E-state index contributed by atoms with van der Waals surface area (Å²) < 4.78 is 6.99. The van der Waals surface area contributed by atoms with Crippen LogP contribution in [-0.2, 0) is 19.9 Å². The highest BCUT2D eigenvalue weighted by Crippen LogP contribution is 2.18. The van der Waals surface area contributed by atoms with Crippen LogP contribution in [0.1, 0.15) is 11.1 Å². The third kappa shape index (κ3) is 5.36. The number of hydrogen-bond acceptors (Lipinski definition) is 3. The Kier molecular flexibility index (Phi) is 6.68. The van der Waals surface area contributed by atoms with Crippen LogP contribution in [0.2, 0.25) is 0 Å². The maximum Gasteiger partial charge on any atom is 0.314 e. The Morgan fingerprint density at radius 3 is 2.00 bits per heavy atom. The topological polar surface area (TPSA) is 68.2 Å². The smallest absolute Gasteiger partial charge is 0.314 e. The zero-order valence-electron chi connectivity index (χ0n) is 16.3. The molecule has 0 aliphatic heterocycles. The molecular formula is C22H26N4O2. The molecule has 1 heterocycles. The van der Waals surface area contributed by atoms with E-state index in [9.17, 15) is 4.79 Å². The van der Waals surface area contributed by atoms with E-state index in [0.717, 1.165) is 35.4 Å². The molecule has 0 fully saturated rings. The van der Waals surface area contributed by atoms with Crippen LogP contribution in [0.4, 0.5) is 4.79 Å². The first-order chi connectivity index (χ1) is 13.7. The van der Waals surface area contributed by atoms with Gasteiger partial charge in [-0.3, -0.25) is 4.68 Å². The van der Waals surface area contributed by atoms with E-state index in [2.05, 4.69) is 40.0 Å². The Bertz CT molecular complexity index is 886. The average Bonchev–Trinajstić information content (AvgIpc) is 3.15. The van der Waals surface area contributed by atoms with Crippen LogP contribution in [0, 0.1) is 0 Å². The van der Waals surface area contributed by atoms with Gasteiger partial charge in [0, 0.05) is 26.3 Å². The monoisotopic (exact) mass is 378 g/mol. The number of ether oxygens (including phenoxy) is 1. The SMILES string of the molecule is COc1ccc(CCNC(=O)NCCc2ccc(-c3ccnn3C)cc2)cc1. The molecule has 6 heteroatoms. The van der Waals surface area contributed by atoms with Crippen molar-refractivity contribution >= 4 is 6.03 Å². The van der Waals surface area contributed by atoms with Gasteiger partial charge < -0.3 is 15.4 Å². The quantitative estimate of drug-likeness (QED) is 0.633. The van der Waals surface area contributed by atoms with Crippen molar-refractivity contribution < 1.29 is 9.53 Å². The van der Waals surface area contributed by atoms with Crippen molar-refractivity contribution in [3.63, 3.8) is 0 Å². The number of methoxy groups -OCH3 is 1. The largest absolute Gasteiger partial charge is 0.497 e. The molecule has 0 aliphatic carbocycles. The Balaban J connectivity index is 1.36. The van der Waals surface area contributed by atoms with Crippen LogP contribution >= 0.6 is 0 Å². The van der Waals surface area contributed by atoms with Crippen LogP contribution < -0.4 is 15.4 Å². The van der Waals surface area contributed by atoms with Crippen LogP contribution in [0.25, 0.3) is 11.3 Å². The first-order valence-corrected chi connectivity index (χ1v) is 9.37. The van der Waals surface area contributed by atoms with E-state index in [4.69, 9.17) is 4.74 Å². The van der Waals surface area contributed by atoms with Gasteiger partial charge in [-0.15, -0.1) is 0 Å². The van der Waals surface area contributed by atoms with E-state index in [-0.39, 0.29) is 6.03 Å². The second kappa shape index (κ2) is 9.60. The first kappa shape index (κ1) is 19.5. The zero-order chi connectivity index (χ0) is 19.8. The van der Waals surface area contributed by atoms with Crippen LogP contribution in [-0.4, -0.2) is 36.0 Å². The molecular weight excluding hydrogens is 352 g/mol. The minimum atomic E-state index is -0.139. The van der Waals surface area contributed by atoms with Gasteiger partial charge in [-0.2, -0.15) is 5.10 Å². The molecule has 28 heavy (non-hydrogen) atoms. The average molecular weight is 378 g/mol. The fourth-order valence-electron chi connectivity index (χ4n) is 2.99. The van der Waals surface area contributed by atoms with Crippen molar-refractivity contribution in [1.82, 2.24) is 20.4 Å². The second-order valence-electron chi connectivity index (χ2n) is 6.57. The summed E-state index contributed by atoms with van der Waals surface area (Å²) >= 11 is 0. The third-order valence-electron chi connectivity index (χ3n) is 4.63. The van der Waals surface area contributed by atoms with Gasteiger partial charge in [0.2, 0.25) is 0 Å². The number of urea groups is 1. The summed E-state index contributed by atoms with van der Waals surface area (Å²) in [5, 5.41) is 9.98. The summed E-state index contributed by atoms with van der Waals surface area (Å²) in [7, 11) is 3.58. The molecule has 6 nitrogen and oxygen atoms in total. The Morgan fingerprint density at radius 1 is 0.929 bits per heavy atom. The zero-order valence-corrected chi connectivity index (χ0v) is 16.3. The highest BCUT2D eigenvalue weighted by Gasteiger charge is 2.03. The molecule has 2 N–H and O–H groups in total. The number of aryl methyl sites for hydroxylation is 1. The standard InChI is InChI=1S/C22H26N4O2/c1-26-21(13-16-25-26)19-7-3-17(4-8-19)11-14-23-22(27)24-15-12-18-5-9-20(28-2)10-6-18/h3-10,13,16H,11-12,14-15H2,1-2H3,(H2,23,24,27). The third-order valence-corrected chi connectivity index (χ3v) is 4.63. The van der Waals surface area contributed by atoms with Crippen molar-refractivity contribution in [2.45, 2.75) is 12.8 Å². The summed E-state index contributed by atoms with van der Waals surface area (Å²) in [5.74, 6) is 0.836. The Morgan fingerprint density at radius 2 is 1.50 bits per heavy atom. The molecule has 0 atom stereocenters. The van der Waals surface area contributed by atoms with Gasteiger partial charge in [0.1, 0.15) is 5.75 Å². The normalized spacial score (nSPS) is 10.5. The molecule has 0 spiro atoms. The van der Waals surface area contributed by atoms with E-state index in [1.807, 2.05) is 42.1 Å². The van der Waals surface area contributed by atoms with Gasteiger partial charge in [-0.1, -0.05) is 36.4 Å². The molecule has 1 aromatic heterocycles. The van der Waals surface area contributed by atoms with E-state index < -0.39 is 0 Å². The predicted octanol–water partition coefficient (Wildman–Crippen LogP) is 3.18. The summed E-state index contributed by atoms with van der Waals surface area (Å²) in [6.07, 6.45) is 3.37. The number of nitrogens with zero attached hydrogens (tertiary/aromatic N) is 2. The summed E-state index contributed by atoms with van der Waals surface area (Å²) in [6, 6.07) is 18.1. The predicted molar refractivity (Wildman–Crippen MR) is 110 cm³/mol. The number of nitrogens with one attached hydrogen (secondary N) is 2. The molecule has 146 valence electrons. The maximum atomic E-state index is 11.9. The number of benzene rings is 2. The van der Waals surface area contributed by atoms with Crippen LogP contribution in [0.3, 0.4) is 0 Å². The molecule has 0 aliphatic rings. The van der Waals surface area contributed by atoms with E-state index in [1.54, 1.807) is 13.3 Å². The lowest BCUT2D eigenvalue weighted by molar-refractivity contribution is 0.241. The first-order valence-electron chi connectivity index (χ1n) is 9.37. The van der Waals surface area contributed by atoms with E-state index in [1.165, 1.54) is 5.56 Å². The number of rotatable bonds is 8. The maximum absolute atomic E-state index is 11.9. The molecule has 0 radical (unpaired) electrons. The van der Waals surface area contributed by atoms with Crippen LogP contribution in [0.15, 0.2) is 60.8 Å². The summed E-state index contributed by atoms with van der Waals surface area (Å²) in [6.45, 7) is 1.19. The van der Waals surface area contributed by atoms with Crippen molar-refractivity contribution in [1.29, 1.82) is 0 Å². The highest BCUT2D eigenvalue weighted by molar-refractivity contribution is 5.73. The molecule has 0 unspecified atom stereocenters. The number of carbonyl (C=O) groups is 1. The number of hydrogen-bond donors (Lipinski definition) is 2. The lowest BCUT2D eigenvalue weighted by atomic mass is 10.1. The lowest BCUT2D eigenvalue weighted by Crippen LogP contribution is -2.37. The van der Waals surface area contributed by atoms with Gasteiger partial charge in [0.05, 0.1) is 12.8 Å². The molecule has 0 saturated carbocycles. The fourth-order valence-corrected chi connectivity index (χ4v) is 2.99. The van der Waals surface area contributed by atoms with Gasteiger partial charge in [-0.05, 0) is 47.7 Å². The molecule has 0 bridgehead atoms. The van der Waals surface area contributed by atoms with E-state index in [0.29, 0.717) is 13.1 Å². The van der Waals surface area contributed by atoms with Gasteiger partial charge in [0.25, 0.3) is 0 Å². The second-order valence-corrected chi connectivity index (χ2v) is 6.57. The molecule has 2 amide bonds. The minimum absolute atomic E-state index is 0.139. The van der Waals surface area contributed by atoms with Crippen LogP contribution in [0.5, 0.6) is 5.75 Å². The summed E-state index contributed by atoms with van der Waals surface area (Å²) in [4.78, 5) is 11.9. The molecule has 3 rings (SSSR count). The Hall–Kier alpha value is -3.28. The molecule has 0 saturated heterocycles. The van der Waals surface area contributed by atoms with Gasteiger partial charge in [-0.25, -0.2) is 4.79 Å². The van der Waals surface area contributed by atoms with Crippen molar-refractivity contribution in [2.75, 3.05) is 20.2 Å². The van der Waals surface area contributed by atoms with Gasteiger partial charge >= 0.3 is 6.03 Å². The minimum Gasteiger partial charge on any atom is -0.497 e. The fraction of sp³-hybridized carbons (Fsp3) is 0.273. The van der Waals surface area contributed by atoms with E-state index >= 15 is 0 Å². The summed E-state index contributed by atoms with van der Waals surface area (Å²) in [5.41, 5.74) is 4.56. The highest BCUT2D eigenvalue weighted by atomic mass is 16.5. The van der Waals surface area contributed by atoms with Crippen molar-refractivity contribution in [3.8, 4) is 17.0 Å². The Labute approximate surface area is 165 Å². The number of aromatic nitrogens is 2. The van der Waals surface area contributed by atoms with Crippen molar-refractivity contribution in [3.05, 3.63) is 71.9 Å². The van der Waals surface area contributed by atoms with Gasteiger partial charge in [0.15, 0.2) is 0 Å². The number of carbonyl (C=O) groups excluding carboxylic acids is 1. The lowest BCUT2D eigenvalue weighted by Gasteiger charge is -2.09.